The third-order valence-electron chi connectivity index (χ3n) is 4.02. The summed E-state index contributed by atoms with van der Waals surface area (Å²) in [7, 11) is 0. The van der Waals surface area contributed by atoms with Crippen molar-refractivity contribution in [2.45, 2.75) is 45.2 Å². The summed E-state index contributed by atoms with van der Waals surface area (Å²) in [6.07, 6.45) is 6.36. The smallest absolute Gasteiger partial charge is 0.225 e. The Labute approximate surface area is 123 Å². The zero-order valence-corrected chi connectivity index (χ0v) is 12.4. The standard InChI is InChI=1S/C15H20N4O2/c1-11(18-7-3-4-8-18)10-14(20)19-9-5-6-13(19)15-16-12(2)21-17-15/h3-4,7-8,11,13H,5-6,9-10H2,1-2H3/t11-,13-/m0/s1. The van der Waals surface area contributed by atoms with E-state index in [-0.39, 0.29) is 18.0 Å². The molecule has 0 spiro atoms. The maximum atomic E-state index is 12.6. The summed E-state index contributed by atoms with van der Waals surface area (Å²) < 4.78 is 7.10. The summed E-state index contributed by atoms with van der Waals surface area (Å²) in [5, 5.41) is 3.97. The second-order valence-corrected chi connectivity index (χ2v) is 5.60. The SMILES string of the molecule is Cc1nc([C@@H]2CCCN2C(=O)C[C@H](C)n2cccc2)no1. The van der Waals surface area contributed by atoms with Crippen LogP contribution in [0.3, 0.4) is 0 Å². The number of nitrogens with zero attached hydrogens (tertiary/aromatic N) is 4. The van der Waals surface area contributed by atoms with Crippen molar-refractivity contribution >= 4 is 5.91 Å². The van der Waals surface area contributed by atoms with E-state index in [1.165, 1.54) is 0 Å². The molecule has 3 rings (SSSR count). The van der Waals surface area contributed by atoms with Gasteiger partial charge >= 0.3 is 0 Å². The number of rotatable bonds is 4. The molecule has 2 atom stereocenters. The number of carbonyl (C=O) groups excluding carboxylic acids is 1. The molecule has 0 unspecified atom stereocenters. The Hall–Kier alpha value is -2.11. The minimum Gasteiger partial charge on any atom is -0.351 e. The fourth-order valence-corrected chi connectivity index (χ4v) is 2.90. The molecule has 0 bridgehead atoms. The van der Waals surface area contributed by atoms with Crippen LogP contribution in [0.25, 0.3) is 0 Å². The van der Waals surface area contributed by atoms with Gasteiger partial charge in [0.25, 0.3) is 0 Å². The monoisotopic (exact) mass is 288 g/mol. The highest BCUT2D eigenvalue weighted by Gasteiger charge is 2.33. The number of hydrogen-bond donors (Lipinski definition) is 0. The molecule has 0 aromatic carbocycles. The Bertz CT molecular complexity index is 605. The van der Waals surface area contributed by atoms with Gasteiger partial charge in [-0.2, -0.15) is 4.98 Å². The Morgan fingerprint density at radius 1 is 1.48 bits per heavy atom. The number of carbonyl (C=O) groups is 1. The molecule has 1 amide bonds. The first kappa shape index (κ1) is 13.9. The lowest BCUT2D eigenvalue weighted by Crippen LogP contribution is -2.32. The average molecular weight is 288 g/mol. The van der Waals surface area contributed by atoms with Gasteiger partial charge < -0.3 is 14.0 Å². The molecule has 2 aromatic rings. The second-order valence-electron chi connectivity index (χ2n) is 5.60. The summed E-state index contributed by atoms with van der Waals surface area (Å²) in [4.78, 5) is 18.7. The summed E-state index contributed by atoms with van der Waals surface area (Å²) >= 11 is 0. The fraction of sp³-hybridized carbons (Fsp3) is 0.533. The van der Waals surface area contributed by atoms with Gasteiger partial charge in [0.15, 0.2) is 5.82 Å². The topological polar surface area (TPSA) is 64.2 Å². The molecule has 0 radical (unpaired) electrons. The quantitative estimate of drug-likeness (QED) is 0.867. The third kappa shape index (κ3) is 2.84. The van der Waals surface area contributed by atoms with Crippen molar-refractivity contribution in [2.75, 3.05) is 6.54 Å². The average Bonchev–Trinajstić information content (AvgIpc) is 3.19. The van der Waals surface area contributed by atoms with E-state index in [1.807, 2.05) is 29.4 Å². The molecule has 6 heteroatoms. The van der Waals surface area contributed by atoms with Crippen molar-refractivity contribution in [3.05, 3.63) is 36.2 Å². The van der Waals surface area contributed by atoms with Crippen molar-refractivity contribution in [2.24, 2.45) is 0 Å². The van der Waals surface area contributed by atoms with Crippen molar-refractivity contribution in [3.8, 4) is 0 Å². The van der Waals surface area contributed by atoms with Gasteiger partial charge in [0.05, 0.1) is 6.04 Å². The van der Waals surface area contributed by atoms with Crippen LogP contribution in [0.15, 0.2) is 29.0 Å². The van der Waals surface area contributed by atoms with Crippen LogP contribution in [0, 0.1) is 6.92 Å². The largest absolute Gasteiger partial charge is 0.351 e. The number of aromatic nitrogens is 3. The highest BCUT2D eigenvalue weighted by molar-refractivity contribution is 5.77. The van der Waals surface area contributed by atoms with Crippen LogP contribution >= 0.6 is 0 Å². The summed E-state index contributed by atoms with van der Waals surface area (Å²) in [6, 6.07) is 4.07. The molecule has 21 heavy (non-hydrogen) atoms. The highest BCUT2D eigenvalue weighted by atomic mass is 16.5. The van der Waals surface area contributed by atoms with Crippen LogP contribution < -0.4 is 0 Å². The predicted octanol–water partition coefficient (Wildman–Crippen LogP) is 2.49. The molecule has 0 N–H and O–H groups in total. The maximum Gasteiger partial charge on any atom is 0.225 e. The Morgan fingerprint density at radius 3 is 2.90 bits per heavy atom. The molecular weight excluding hydrogens is 268 g/mol. The lowest BCUT2D eigenvalue weighted by molar-refractivity contribution is -0.133. The Kier molecular flexibility index (Phi) is 3.77. The normalized spacial score (nSPS) is 19.9. The number of amides is 1. The van der Waals surface area contributed by atoms with Gasteiger partial charge in [0.1, 0.15) is 0 Å². The molecule has 1 fully saturated rings. The number of likely N-dealkylation sites (tertiary alicyclic amines) is 1. The van der Waals surface area contributed by atoms with E-state index < -0.39 is 0 Å². The van der Waals surface area contributed by atoms with Crippen LogP contribution in [-0.4, -0.2) is 32.1 Å². The first-order chi connectivity index (χ1) is 10.1. The minimum atomic E-state index is -0.0354. The van der Waals surface area contributed by atoms with Gasteiger partial charge in [-0.3, -0.25) is 4.79 Å². The third-order valence-corrected chi connectivity index (χ3v) is 4.02. The van der Waals surface area contributed by atoms with E-state index in [2.05, 4.69) is 21.6 Å². The maximum absolute atomic E-state index is 12.6. The van der Waals surface area contributed by atoms with Crippen molar-refractivity contribution in [1.29, 1.82) is 0 Å². The van der Waals surface area contributed by atoms with Crippen LogP contribution in [-0.2, 0) is 4.79 Å². The van der Waals surface area contributed by atoms with Crippen molar-refractivity contribution < 1.29 is 9.32 Å². The number of aryl methyl sites for hydroxylation is 1. The van der Waals surface area contributed by atoms with Crippen molar-refractivity contribution in [1.82, 2.24) is 19.6 Å². The van der Waals surface area contributed by atoms with Gasteiger partial charge in [0, 0.05) is 38.3 Å². The molecule has 0 saturated carbocycles. The van der Waals surface area contributed by atoms with Crippen LogP contribution in [0.1, 0.15) is 50.0 Å². The molecule has 6 nitrogen and oxygen atoms in total. The molecule has 0 aliphatic carbocycles. The highest BCUT2D eigenvalue weighted by Crippen LogP contribution is 2.31. The van der Waals surface area contributed by atoms with Gasteiger partial charge in [-0.25, -0.2) is 0 Å². The van der Waals surface area contributed by atoms with Gasteiger partial charge in [-0.15, -0.1) is 0 Å². The zero-order valence-electron chi connectivity index (χ0n) is 12.4. The van der Waals surface area contributed by atoms with E-state index in [0.717, 1.165) is 19.4 Å². The molecule has 112 valence electrons. The van der Waals surface area contributed by atoms with Gasteiger partial charge in [-0.05, 0) is 31.9 Å². The summed E-state index contributed by atoms with van der Waals surface area (Å²) in [5.74, 6) is 1.33. The first-order valence-electron chi connectivity index (χ1n) is 7.37. The summed E-state index contributed by atoms with van der Waals surface area (Å²) in [6.45, 7) is 4.60. The van der Waals surface area contributed by atoms with Gasteiger partial charge in [0.2, 0.25) is 11.8 Å². The van der Waals surface area contributed by atoms with Gasteiger partial charge in [-0.1, -0.05) is 5.16 Å². The van der Waals surface area contributed by atoms with Crippen molar-refractivity contribution in [3.63, 3.8) is 0 Å². The minimum absolute atomic E-state index is 0.0354. The van der Waals surface area contributed by atoms with E-state index >= 15 is 0 Å². The lowest BCUT2D eigenvalue weighted by Gasteiger charge is -2.24. The molecule has 1 aliphatic heterocycles. The Morgan fingerprint density at radius 2 is 2.24 bits per heavy atom. The zero-order chi connectivity index (χ0) is 14.8. The van der Waals surface area contributed by atoms with E-state index in [9.17, 15) is 4.79 Å². The molecular formula is C15H20N4O2. The Balaban J connectivity index is 1.68. The molecule has 1 aliphatic rings. The molecule has 3 heterocycles. The number of hydrogen-bond acceptors (Lipinski definition) is 4. The summed E-state index contributed by atoms with van der Waals surface area (Å²) in [5.41, 5.74) is 0. The fourth-order valence-electron chi connectivity index (χ4n) is 2.90. The molecule has 2 aromatic heterocycles. The van der Waals surface area contributed by atoms with E-state index in [0.29, 0.717) is 18.1 Å². The van der Waals surface area contributed by atoms with E-state index in [1.54, 1.807) is 6.92 Å². The lowest BCUT2D eigenvalue weighted by atomic mass is 10.1. The van der Waals surface area contributed by atoms with Crippen LogP contribution in [0.5, 0.6) is 0 Å². The van der Waals surface area contributed by atoms with Crippen LogP contribution in [0.4, 0.5) is 0 Å². The van der Waals surface area contributed by atoms with E-state index in [4.69, 9.17) is 4.52 Å². The second kappa shape index (κ2) is 5.71. The first-order valence-corrected chi connectivity index (χ1v) is 7.37. The van der Waals surface area contributed by atoms with Crippen LogP contribution in [0.2, 0.25) is 0 Å². The predicted molar refractivity (Wildman–Crippen MR) is 76.5 cm³/mol. The molecule has 1 saturated heterocycles.